The molecule has 3 heterocycles. The number of rotatable bonds is 7. The highest BCUT2D eigenvalue weighted by atomic mass is 32.1. The standard InChI is InChI=1S/C25H36N4O5.5H2S/c1-5-16(2)21(25(32)29-14-20(33-4)23-22(29)19(30)15-34-23)26-24(31)17-6-8-18(9-7-17)28-12-10-27(3)11-13-28;;;;;/h6-9,16,20-23H,5,10-15H2,1-4H3,(H,26,31);5*1H2/t16-,20-,21-,22+,23+;;;;;/m0...../s1. The summed E-state index contributed by atoms with van der Waals surface area (Å²) in [5.74, 6) is -0.771. The van der Waals surface area contributed by atoms with Gasteiger partial charge in [-0.05, 0) is 37.2 Å². The maximum atomic E-state index is 13.6. The van der Waals surface area contributed by atoms with Crippen molar-refractivity contribution in [2.24, 2.45) is 5.92 Å². The Labute approximate surface area is 267 Å². The van der Waals surface area contributed by atoms with E-state index in [4.69, 9.17) is 9.47 Å². The van der Waals surface area contributed by atoms with Crippen LogP contribution in [-0.4, -0.2) is 105 Å². The van der Waals surface area contributed by atoms with Crippen LogP contribution in [0, 0.1) is 5.92 Å². The summed E-state index contributed by atoms with van der Waals surface area (Å²) in [6.45, 7) is 8.11. The Bertz CT molecular complexity index is 921. The summed E-state index contributed by atoms with van der Waals surface area (Å²) in [6, 6.07) is 6.15. The van der Waals surface area contributed by atoms with Gasteiger partial charge in [0, 0.05) is 44.5 Å². The number of nitrogens with zero attached hydrogens (tertiary/aromatic N) is 3. The van der Waals surface area contributed by atoms with Gasteiger partial charge in [0.05, 0.1) is 6.54 Å². The molecule has 3 saturated heterocycles. The van der Waals surface area contributed by atoms with Crippen molar-refractivity contribution in [3.8, 4) is 0 Å². The Kier molecular flexibility index (Phi) is 18.6. The first-order valence-corrected chi connectivity index (χ1v) is 12.2. The fraction of sp³-hybridized carbons (Fsp3) is 0.640. The maximum absolute atomic E-state index is 13.6. The molecule has 0 saturated carbocycles. The molecule has 3 aliphatic rings. The number of ether oxygens (including phenoxy) is 2. The Hall–Kier alpha value is -0.740. The van der Waals surface area contributed by atoms with Gasteiger partial charge in [-0.3, -0.25) is 14.4 Å². The number of methoxy groups -OCH3 is 1. The molecular formula is C25H46N4O5S5. The molecule has 0 radical (unpaired) electrons. The maximum Gasteiger partial charge on any atom is 0.251 e. The normalized spacial score (nSPS) is 23.5. The third-order valence-electron chi connectivity index (χ3n) is 7.49. The van der Waals surface area contributed by atoms with Gasteiger partial charge in [0.15, 0.2) is 5.78 Å². The predicted molar refractivity (Wildman–Crippen MR) is 180 cm³/mol. The summed E-state index contributed by atoms with van der Waals surface area (Å²) >= 11 is 0. The van der Waals surface area contributed by atoms with Gasteiger partial charge in [-0.25, -0.2) is 0 Å². The largest absolute Gasteiger partial charge is 0.377 e. The lowest BCUT2D eigenvalue weighted by molar-refractivity contribution is -0.139. The first-order chi connectivity index (χ1) is 16.3. The van der Waals surface area contributed by atoms with E-state index in [-0.39, 0.29) is 110 Å². The fourth-order valence-electron chi connectivity index (χ4n) is 5.02. The number of hydrogen-bond donors (Lipinski definition) is 1. The summed E-state index contributed by atoms with van der Waals surface area (Å²) in [5, 5.41) is 2.95. The molecule has 0 spiro atoms. The van der Waals surface area contributed by atoms with Gasteiger partial charge in [-0.1, -0.05) is 20.3 Å². The first kappa shape index (κ1) is 40.4. The molecular weight excluding hydrogens is 597 g/mol. The molecule has 2 amide bonds. The zero-order chi connectivity index (χ0) is 24.4. The van der Waals surface area contributed by atoms with Gasteiger partial charge in [-0.2, -0.15) is 67.5 Å². The molecule has 0 unspecified atom stereocenters. The molecule has 3 aliphatic heterocycles. The second-order valence-corrected chi connectivity index (χ2v) is 9.63. The van der Waals surface area contributed by atoms with Crippen molar-refractivity contribution in [2.45, 2.75) is 44.6 Å². The average Bonchev–Trinajstić information content (AvgIpc) is 3.42. The summed E-state index contributed by atoms with van der Waals surface area (Å²) in [6.07, 6.45) is -0.0910. The quantitative estimate of drug-likeness (QED) is 0.480. The highest BCUT2D eigenvalue weighted by molar-refractivity contribution is 7.60. The number of nitrogens with one attached hydrogen (secondary N) is 1. The SMILES string of the molecule is CC[C@H](C)[C@H](NC(=O)c1ccc(N2CCN(C)CC2)cc1)C(=O)N1C[C@H](OC)[C@H]2OCC(=O)[C@H]21.S.S.S.S.S. The fourth-order valence-corrected chi connectivity index (χ4v) is 5.02. The van der Waals surface area contributed by atoms with E-state index < -0.39 is 18.2 Å². The van der Waals surface area contributed by atoms with Crippen LogP contribution in [0.2, 0.25) is 0 Å². The van der Waals surface area contributed by atoms with E-state index in [1.165, 1.54) is 0 Å². The van der Waals surface area contributed by atoms with Crippen molar-refractivity contribution < 1.29 is 23.9 Å². The Balaban J connectivity index is 0. The second-order valence-electron chi connectivity index (χ2n) is 9.63. The third-order valence-corrected chi connectivity index (χ3v) is 7.49. The van der Waals surface area contributed by atoms with E-state index in [2.05, 4.69) is 22.2 Å². The molecule has 14 heteroatoms. The van der Waals surface area contributed by atoms with Gasteiger partial charge >= 0.3 is 0 Å². The molecule has 0 aromatic heterocycles. The lowest BCUT2D eigenvalue weighted by atomic mass is 9.96. The van der Waals surface area contributed by atoms with Gasteiger partial charge in [0.2, 0.25) is 5.91 Å². The van der Waals surface area contributed by atoms with Crippen molar-refractivity contribution in [1.29, 1.82) is 0 Å². The van der Waals surface area contributed by atoms with E-state index in [1.54, 1.807) is 12.0 Å². The topological polar surface area (TPSA) is 91.4 Å². The number of anilines is 1. The van der Waals surface area contributed by atoms with Crippen LogP contribution in [-0.2, 0) is 19.1 Å². The number of hydrogen-bond acceptors (Lipinski definition) is 7. The molecule has 1 aromatic rings. The van der Waals surface area contributed by atoms with Crippen LogP contribution in [0.5, 0.6) is 0 Å². The van der Waals surface area contributed by atoms with E-state index >= 15 is 0 Å². The zero-order valence-electron chi connectivity index (χ0n) is 23.0. The monoisotopic (exact) mass is 642 g/mol. The van der Waals surface area contributed by atoms with Crippen molar-refractivity contribution in [3.63, 3.8) is 0 Å². The van der Waals surface area contributed by atoms with Crippen LogP contribution in [0.25, 0.3) is 0 Å². The first-order valence-electron chi connectivity index (χ1n) is 12.2. The molecule has 0 aliphatic carbocycles. The number of amides is 2. The van der Waals surface area contributed by atoms with E-state index in [1.807, 2.05) is 38.1 Å². The second kappa shape index (κ2) is 17.9. The van der Waals surface area contributed by atoms with Crippen LogP contribution < -0.4 is 10.2 Å². The lowest BCUT2D eigenvalue weighted by Gasteiger charge is -2.34. The number of likely N-dealkylation sites (N-methyl/N-ethyl adjacent to an activating group) is 1. The Morgan fingerprint density at radius 2 is 1.64 bits per heavy atom. The molecule has 4 rings (SSSR count). The van der Waals surface area contributed by atoms with Crippen LogP contribution in [0.4, 0.5) is 5.69 Å². The number of benzene rings is 1. The molecule has 226 valence electrons. The number of fused-ring (bicyclic) bond motifs is 1. The van der Waals surface area contributed by atoms with Crippen molar-refractivity contribution >= 4 is 90.8 Å². The summed E-state index contributed by atoms with van der Waals surface area (Å²) in [7, 11) is 3.68. The van der Waals surface area contributed by atoms with Crippen molar-refractivity contribution in [1.82, 2.24) is 15.1 Å². The van der Waals surface area contributed by atoms with Crippen LogP contribution in [0.3, 0.4) is 0 Å². The number of carbonyl (C=O) groups excluding carboxylic acids is 3. The third kappa shape index (κ3) is 8.87. The number of Topliss-reactive ketones (excluding diaryl/α,β-unsaturated/α-hetero) is 1. The Morgan fingerprint density at radius 1 is 1.05 bits per heavy atom. The smallest absolute Gasteiger partial charge is 0.251 e. The molecule has 1 N–H and O–H groups in total. The number of ketones is 1. The van der Waals surface area contributed by atoms with Crippen LogP contribution in [0.15, 0.2) is 24.3 Å². The molecule has 3 fully saturated rings. The van der Waals surface area contributed by atoms with E-state index in [0.717, 1.165) is 31.9 Å². The number of likely N-dealkylation sites (tertiary alicyclic amines) is 1. The van der Waals surface area contributed by atoms with Crippen molar-refractivity contribution in [2.75, 3.05) is 58.4 Å². The molecule has 39 heavy (non-hydrogen) atoms. The molecule has 9 nitrogen and oxygen atoms in total. The molecule has 0 bridgehead atoms. The summed E-state index contributed by atoms with van der Waals surface area (Å²) in [5.41, 5.74) is 1.60. The molecule has 5 atom stereocenters. The highest BCUT2D eigenvalue weighted by Gasteiger charge is 2.53. The summed E-state index contributed by atoms with van der Waals surface area (Å²) in [4.78, 5) is 45.3. The number of piperazine rings is 1. The predicted octanol–water partition coefficient (Wildman–Crippen LogP) is 1.34. The van der Waals surface area contributed by atoms with Gasteiger partial charge in [0.1, 0.15) is 30.9 Å². The zero-order valence-corrected chi connectivity index (χ0v) is 28.0. The van der Waals surface area contributed by atoms with Crippen LogP contribution in [0.1, 0.15) is 30.6 Å². The van der Waals surface area contributed by atoms with E-state index in [0.29, 0.717) is 12.0 Å². The minimum absolute atomic E-state index is 0. The lowest BCUT2D eigenvalue weighted by Crippen LogP contribution is -2.54. The summed E-state index contributed by atoms with van der Waals surface area (Å²) < 4.78 is 11.1. The van der Waals surface area contributed by atoms with Gasteiger partial charge < -0.3 is 29.5 Å². The van der Waals surface area contributed by atoms with Crippen molar-refractivity contribution in [3.05, 3.63) is 29.8 Å². The number of carbonyl (C=O) groups is 3. The molecule has 1 aromatic carbocycles. The van der Waals surface area contributed by atoms with E-state index in [9.17, 15) is 14.4 Å². The average molecular weight is 643 g/mol. The van der Waals surface area contributed by atoms with Gasteiger partial charge in [0.25, 0.3) is 5.91 Å². The minimum Gasteiger partial charge on any atom is -0.377 e. The van der Waals surface area contributed by atoms with Gasteiger partial charge in [-0.15, -0.1) is 0 Å². The highest BCUT2D eigenvalue weighted by Crippen LogP contribution is 2.30. The Morgan fingerprint density at radius 3 is 2.18 bits per heavy atom. The minimum atomic E-state index is -0.737. The van der Waals surface area contributed by atoms with Crippen LogP contribution >= 0.6 is 67.5 Å².